The number of ether oxygens (including phenoxy) is 1. The maximum atomic E-state index is 12.9. The number of hydrogen-bond donors (Lipinski definition) is 1. The number of rotatable bonds is 2. The molecule has 88 valence electrons. The molecule has 1 saturated carbocycles. The second kappa shape index (κ2) is 4.83. The lowest BCUT2D eigenvalue weighted by Crippen LogP contribution is -2.31. The molecule has 16 heavy (non-hydrogen) atoms. The fraction of sp³-hybridized carbons (Fsp3) is 0.538. The Hall–Kier alpha value is -1.09. The molecule has 1 aromatic carbocycles. The van der Waals surface area contributed by atoms with Gasteiger partial charge in [0.1, 0.15) is 11.6 Å². The van der Waals surface area contributed by atoms with Crippen molar-refractivity contribution in [2.75, 3.05) is 0 Å². The molecule has 0 heterocycles. The molecule has 0 unspecified atom stereocenters. The lowest BCUT2D eigenvalue weighted by atomic mass is 9.93. The average molecular weight is 223 g/mol. The number of nitrogens with two attached hydrogens (primary N) is 1. The van der Waals surface area contributed by atoms with E-state index < -0.39 is 0 Å². The molecule has 2 N–H and O–H groups in total. The van der Waals surface area contributed by atoms with Crippen molar-refractivity contribution in [1.29, 1.82) is 0 Å². The third kappa shape index (κ3) is 2.73. The minimum Gasteiger partial charge on any atom is -0.490 e. The quantitative estimate of drug-likeness (QED) is 0.836. The summed E-state index contributed by atoms with van der Waals surface area (Å²) in [6.07, 6.45) is 4.27. The van der Waals surface area contributed by atoms with Crippen molar-refractivity contribution in [3.63, 3.8) is 0 Å². The molecule has 1 aliphatic carbocycles. The summed E-state index contributed by atoms with van der Waals surface area (Å²) in [4.78, 5) is 0. The van der Waals surface area contributed by atoms with Crippen molar-refractivity contribution in [2.24, 2.45) is 5.73 Å². The molecule has 1 aromatic rings. The van der Waals surface area contributed by atoms with E-state index in [0.29, 0.717) is 6.04 Å². The predicted molar refractivity (Wildman–Crippen MR) is 62.0 cm³/mol. The van der Waals surface area contributed by atoms with Gasteiger partial charge in [0.25, 0.3) is 0 Å². The molecule has 0 radical (unpaired) electrons. The molecular formula is C13H18FNO. The fourth-order valence-electron chi connectivity index (χ4n) is 2.13. The molecule has 2 nitrogen and oxygen atoms in total. The van der Waals surface area contributed by atoms with Crippen LogP contribution in [0, 0.1) is 12.7 Å². The summed E-state index contributed by atoms with van der Waals surface area (Å²) in [5.41, 5.74) is 6.69. The molecule has 2 rings (SSSR count). The van der Waals surface area contributed by atoms with Crippen LogP contribution in [0.25, 0.3) is 0 Å². The highest BCUT2D eigenvalue weighted by Crippen LogP contribution is 2.25. The van der Waals surface area contributed by atoms with E-state index in [9.17, 15) is 4.39 Å². The van der Waals surface area contributed by atoms with Gasteiger partial charge in [0.05, 0.1) is 6.10 Å². The number of hydrogen-bond acceptors (Lipinski definition) is 2. The zero-order valence-corrected chi connectivity index (χ0v) is 9.58. The van der Waals surface area contributed by atoms with Gasteiger partial charge in [-0.15, -0.1) is 0 Å². The van der Waals surface area contributed by atoms with E-state index in [4.69, 9.17) is 10.5 Å². The highest BCUT2D eigenvalue weighted by molar-refractivity contribution is 5.32. The van der Waals surface area contributed by atoms with Crippen LogP contribution in [0.3, 0.4) is 0 Å². The van der Waals surface area contributed by atoms with Gasteiger partial charge in [0.2, 0.25) is 0 Å². The van der Waals surface area contributed by atoms with E-state index >= 15 is 0 Å². The Morgan fingerprint density at radius 2 is 1.94 bits per heavy atom. The average Bonchev–Trinajstić information content (AvgIpc) is 2.25. The zero-order valence-electron chi connectivity index (χ0n) is 9.58. The Balaban J connectivity index is 1.98. The normalized spacial score (nSPS) is 25.4. The van der Waals surface area contributed by atoms with Crippen molar-refractivity contribution in [1.82, 2.24) is 0 Å². The van der Waals surface area contributed by atoms with Crippen molar-refractivity contribution < 1.29 is 9.13 Å². The Kier molecular flexibility index (Phi) is 3.44. The summed E-state index contributed by atoms with van der Waals surface area (Å²) >= 11 is 0. The van der Waals surface area contributed by atoms with E-state index in [1.54, 1.807) is 6.07 Å². The molecule has 0 saturated heterocycles. The van der Waals surface area contributed by atoms with Crippen LogP contribution in [0.1, 0.15) is 31.2 Å². The second-order valence-electron chi connectivity index (χ2n) is 4.56. The van der Waals surface area contributed by atoms with Crippen LogP contribution in [-0.4, -0.2) is 12.1 Å². The Bertz CT molecular complexity index is 359. The summed E-state index contributed by atoms with van der Waals surface area (Å²) in [5, 5.41) is 0. The summed E-state index contributed by atoms with van der Waals surface area (Å²) in [6, 6.07) is 4.98. The predicted octanol–water partition coefficient (Wildman–Crippen LogP) is 2.78. The molecule has 0 aromatic heterocycles. The third-order valence-electron chi connectivity index (χ3n) is 3.15. The largest absolute Gasteiger partial charge is 0.490 e. The van der Waals surface area contributed by atoms with Crippen LogP contribution in [0.2, 0.25) is 0 Å². The third-order valence-corrected chi connectivity index (χ3v) is 3.15. The van der Waals surface area contributed by atoms with E-state index in [1.165, 1.54) is 12.1 Å². The Morgan fingerprint density at radius 3 is 2.56 bits per heavy atom. The minimum absolute atomic E-state index is 0.212. The molecule has 0 atom stereocenters. The van der Waals surface area contributed by atoms with Gasteiger partial charge in [0, 0.05) is 6.04 Å². The minimum atomic E-state index is -0.212. The fourth-order valence-corrected chi connectivity index (χ4v) is 2.13. The number of aryl methyl sites for hydroxylation is 1. The highest BCUT2D eigenvalue weighted by atomic mass is 19.1. The maximum Gasteiger partial charge on any atom is 0.123 e. The topological polar surface area (TPSA) is 35.2 Å². The van der Waals surface area contributed by atoms with Crippen LogP contribution >= 0.6 is 0 Å². The van der Waals surface area contributed by atoms with Crippen LogP contribution in [0.15, 0.2) is 18.2 Å². The van der Waals surface area contributed by atoms with Crippen molar-refractivity contribution in [3.8, 4) is 5.75 Å². The molecule has 1 fully saturated rings. The molecule has 3 heteroatoms. The van der Waals surface area contributed by atoms with Gasteiger partial charge in [-0.1, -0.05) is 0 Å². The van der Waals surface area contributed by atoms with Gasteiger partial charge >= 0.3 is 0 Å². The molecule has 0 spiro atoms. The lowest BCUT2D eigenvalue weighted by Gasteiger charge is -2.27. The van der Waals surface area contributed by atoms with E-state index in [0.717, 1.165) is 37.0 Å². The number of benzene rings is 1. The molecule has 1 aliphatic rings. The van der Waals surface area contributed by atoms with Gasteiger partial charge in [-0.25, -0.2) is 4.39 Å². The van der Waals surface area contributed by atoms with Gasteiger partial charge in [0.15, 0.2) is 0 Å². The van der Waals surface area contributed by atoms with Crippen LogP contribution in [-0.2, 0) is 0 Å². The molecule has 0 amide bonds. The molecule has 0 bridgehead atoms. The first kappa shape index (κ1) is 11.4. The first-order valence-electron chi connectivity index (χ1n) is 5.83. The first-order valence-corrected chi connectivity index (χ1v) is 5.83. The van der Waals surface area contributed by atoms with Gasteiger partial charge < -0.3 is 10.5 Å². The number of halogens is 1. The highest BCUT2D eigenvalue weighted by Gasteiger charge is 2.20. The lowest BCUT2D eigenvalue weighted by molar-refractivity contribution is 0.146. The molecular weight excluding hydrogens is 205 g/mol. The monoisotopic (exact) mass is 223 g/mol. The standard InChI is InChI=1S/C13H18FNO/c1-9-8-10(14)2-7-13(9)16-12-5-3-11(15)4-6-12/h2,7-8,11-12H,3-6,15H2,1H3. The summed E-state index contributed by atoms with van der Waals surface area (Å²) in [5.74, 6) is 0.581. The summed E-state index contributed by atoms with van der Waals surface area (Å²) in [6.45, 7) is 1.87. The van der Waals surface area contributed by atoms with Crippen molar-refractivity contribution >= 4 is 0 Å². The van der Waals surface area contributed by atoms with Crippen LogP contribution in [0.4, 0.5) is 4.39 Å². The zero-order chi connectivity index (χ0) is 11.5. The SMILES string of the molecule is Cc1cc(F)ccc1OC1CCC(N)CC1. The van der Waals surface area contributed by atoms with Crippen molar-refractivity contribution in [2.45, 2.75) is 44.8 Å². The summed E-state index contributed by atoms with van der Waals surface area (Å²) < 4.78 is 18.8. The van der Waals surface area contributed by atoms with Crippen LogP contribution in [0.5, 0.6) is 5.75 Å². The van der Waals surface area contributed by atoms with Gasteiger partial charge in [-0.2, -0.15) is 0 Å². The van der Waals surface area contributed by atoms with E-state index in [1.807, 2.05) is 6.92 Å². The van der Waals surface area contributed by atoms with Gasteiger partial charge in [-0.05, 0) is 56.4 Å². The Labute approximate surface area is 95.6 Å². The van der Waals surface area contributed by atoms with Crippen LogP contribution < -0.4 is 10.5 Å². The first-order chi connectivity index (χ1) is 7.65. The Morgan fingerprint density at radius 1 is 1.25 bits per heavy atom. The molecule has 0 aliphatic heterocycles. The van der Waals surface area contributed by atoms with Gasteiger partial charge in [-0.3, -0.25) is 0 Å². The summed E-state index contributed by atoms with van der Waals surface area (Å²) in [7, 11) is 0. The smallest absolute Gasteiger partial charge is 0.123 e. The second-order valence-corrected chi connectivity index (χ2v) is 4.56. The van der Waals surface area contributed by atoms with E-state index in [-0.39, 0.29) is 11.9 Å². The van der Waals surface area contributed by atoms with E-state index in [2.05, 4.69) is 0 Å². The maximum absolute atomic E-state index is 12.9. The van der Waals surface area contributed by atoms with Crippen molar-refractivity contribution in [3.05, 3.63) is 29.6 Å².